The molecule has 0 bridgehead atoms. The van der Waals surface area contributed by atoms with Gasteiger partial charge in [0.1, 0.15) is 5.75 Å². The van der Waals surface area contributed by atoms with Crippen LogP contribution in [0.1, 0.15) is 0 Å². The summed E-state index contributed by atoms with van der Waals surface area (Å²) in [6, 6.07) is 10.8. The van der Waals surface area contributed by atoms with E-state index in [1.165, 1.54) is 12.1 Å². The number of benzene rings is 2. The third-order valence-corrected chi connectivity index (χ3v) is 4.53. The maximum Gasteiger partial charge on any atom is 0.573 e. The topological polar surface area (TPSA) is 71.2 Å². The van der Waals surface area contributed by atoms with Gasteiger partial charge in [0.05, 0.1) is 4.90 Å². The quantitative estimate of drug-likeness (QED) is 0.745. The molecule has 0 saturated heterocycles. The van der Waals surface area contributed by atoms with Gasteiger partial charge >= 0.3 is 6.36 Å². The van der Waals surface area contributed by atoms with Crippen molar-refractivity contribution in [3.63, 3.8) is 0 Å². The molecule has 3 aromatic rings. The highest BCUT2D eigenvalue weighted by Crippen LogP contribution is 2.26. The van der Waals surface area contributed by atoms with Gasteiger partial charge in [-0.3, -0.25) is 4.72 Å². The van der Waals surface area contributed by atoms with Gasteiger partial charge in [0.15, 0.2) is 0 Å². The number of halogens is 3. The van der Waals surface area contributed by atoms with Crippen molar-refractivity contribution in [2.24, 2.45) is 0 Å². The fourth-order valence-corrected chi connectivity index (χ4v) is 3.25. The summed E-state index contributed by atoms with van der Waals surface area (Å²) < 4.78 is 67.5. The first-order chi connectivity index (χ1) is 11.2. The summed E-state index contributed by atoms with van der Waals surface area (Å²) in [5.74, 6) is -0.605. The van der Waals surface area contributed by atoms with Crippen molar-refractivity contribution < 1.29 is 26.3 Å². The third kappa shape index (κ3) is 3.62. The van der Waals surface area contributed by atoms with Crippen LogP contribution in [0.4, 0.5) is 18.9 Å². The largest absolute Gasteiger partial charge is 0.573 e. The van der Waals surface area contributed by atoms with E-state index in [0.717, 1.165) is 23.0 Å². The molecule has 0 spiro atoms. The summed E-state index contributed by atoms with van der Waals surface area (Å²) in [6.07, 6.45) is -3.18. The van der Waals surface area contributed by atoms with Crippen LogP contribution in [0.5, 0.6) is 5.75 Å². The predicted molar refractivity (Wildman–Crippen MR) is 82.2 cm³/mol. The first-order valence-corrected chi connectivity index (χ1v) is 8.17. The van der Waals surface area contributed by atoms with E-state index in [-0.39, 0.29) is 4.90 Å². The molecule has 0 aliphatic heterocycles. The second-order valence-corrected chi connectivity index (χ2v) is 6.59. The van der Waals surface area contributed by atoms with Gasteiger partial charge < -0.3 is 9.72 Å². The van der Waals surface area contributed by atoms with Crippen LogP contribution in [0.25, 0.3) is 10.9 Å². The Kier molecular flexibility index (Phi) is 3.88. The van der Waals surface area contributed by atoms with Crippen LogP contribution in [0, 0.1) is 0 Å². The molecule has 2 N–H and O–H groups in total. The predicted octanol–water partition coefficient (Wildman–Crippen LogP) is 3.87. The van der Waals surface area contributed by atoms with E-state index in [1.807, 2.05) is 0 Å². The number of H-pyrrole nitrogens is 1. The number of aromatic nitrogens is 1. The van der Waals surface area contributed by atoms with Gasteiger partial charge in [-0.1, -0.05) is 6.07 Å². The third-order valence-electron chi connectivity index (χ3n) is 3.15. The minimum absolute atomic E-state index is 0.296. The Morgan fingerprint density at radius 2 is 1.83 bits per heavy atom. The molecule has 0 aliphatic carbocycles. The van der Waals surface area contributed by atoms with E-state index >= 15 is 0 Å². The van der Waals surface area contributed by atoms with Crippen LogP contribution >= 0.6 is 0 Å². The second kappa shape index (κ2) is 5.75. The number of anilines is 1. The molecule has 3 rings (SSSR count). The minimum Gasteiger partial charge on any atom is -0.406 e. The molecule has 9 heteroatoms. The molecule has 0 saturated carbocycles. The normalized spacial score (nSPS) is 12.3. The molecule has 2 aromatic carbocycles. The van der Waals surface area contributed by atoms with Gasteiger partial charge in [0.2, 0.25) is 0 Å². The Bertz CT molecular complexity index is 981. The lowest BCUT2D eigenvalue weighted by Gasteiger charge is -2.11. The zero-order valence-corrected chi connectivity index (χ0v) is 12.8. The lowest BCUT2D eigenvalue weighted by Crippen LogP contribution is -2.18. The van der Waals surface area contributed by atoms with Crippen molar-refractivity contribution in [2.75, 3.05) is 4.72 Å². The average Bonchev–Trinajstić information content (AvgIpc) is 2.93. The van der Waals surface area contributed by atoms with E-state index in [4.69, 9.17) is 0 Å². The molecular formula is C15H11F3N2O3S. The summed E-state index contributed by atoms with van der Waals surface area (Å²) >= 11 is 0. The Morgan fingerprint density at radius 1 is 1.04 bits per heavy atom. The summed E-state index contributed by atoms with van der Waals surface area (Å²) in [5, 5.41) is 0.796. The average molecular weight is 356 g/mol. The highest BCUT2D eigenvalue weighted by atomic mass is 32.2. The second-order valence-electron chi connectivity index (χ2n) is 4.91. The van der Waals surface area contributed by atoms with Crippen molar-refractivity contribution >= 4 is 26.6 Å². The Hall–Kier alpha value is -2.68. The molecule has 0 radical (unpaired) electrons. The zero-order valence-electron chi connectivity index (χ0n) is 12.0. The Balaban J connectivity index is 1.88. The molecule has 1 heterocycles. The standard InChI is InChI=1S/C15H11F3N2O3S/c16-15(17,18)23-12-2-1-3-13(9-12)24(21,22)20-11-4-5-14-10(8-11)6-7-19-14/h1-9,19-20H. The number of hydrogen-bond acceptors (Lipinski definition) is 3. The molecule has 0 amide bonds. The van der Waals surface area contributed by atoms with Crippen LogP contribution < -0.4 is 9.46 Å². The molecule has 0 fully saturated rings. The fraction of sp³-hybridized carbons (Fsp3) is 0.0667. The maximum atomic E-state index is 12.3. The number of rotatable bonds is 4. The summed E-state index contributed by atoms with van der Waals surface area (Å²) in [5.41, 5.74) is 1.13. The van der Waals surface area contributed by atoms with Crippen molar-refractivity contribution in [1.82, 2.24) is 4.98 Å². The molecule has 126 valence electrons. The van der Waals surface area contributed by atoms with Crippen molar-refractivity contribution in [3.8, 4) is 5.75 Å². The molecular weight excluding hydrogens is 345 g/mol. The van der Waals surface area contributed by atoms with Crippen LogP contribution in [-0.2, 0) is 10.0 Å². The lowest BCUT2D eigenvalue weighted by molar-refractivity contribution is -0.274. The van der Waals surface area contributed by atoms with E-state index in [0.29, 0.717) is 5.69 Å². The Labute approximate surface area is 135 Å². The smallest absolute Gasteiger partial charge is 0.406 e. The first kappa shape index (κ1) is 16.2. The monoisotopic (exact) mass is 356 g/mol. The van der Waals surface area contributed by atoms with Crippen LogP contribution in [0.15, 0.2) is 59.6 Å². The SMILES string of the molecule is O=S(=O)(Nc1ccc2[nH]ccc2c1)c1cccc(OC(F)(F)F)c1. The molecule has 5 nitrogen and oxygen atoms in total. The highest BCUT2D eigenvalue weighted by Gasteiger charge is 2.31. The zero-order chi connectivity index (χ0) is 17.4. The summed E-state index contributed by atoms with van der Waals surface area (Å²) in [4.78, 5) is 2.64. The van der Waals surface area contributed by atoms with E-state index < -0.39 is 22.1 Å². The van der Waals surface area contributed by atoms with E-state index in [2.05, 4.69) is 14.4 Å². The van der Waals surface area contributed by atoms with E-state index in [1.54, 1.807) is 30.5 Å². The lowest BCUT2D eigenvalue weighted by atomic mass is 10.2. The number of sulfonamides is 1. The molecule has 0 aliphatic rings. The molecule has 0 atom stereocenters. The van der Waals surface area contributed by atoms with Gasteiger partial charge in [-0.15, -0.1) is 13.2 Å². The summed E-state index contributed by atoms with van der Waals surface area (Å²) in [7, 11) is -4.05. The first-order valence-electron chi connectivity index (χ1n) is 6.69. The van der Waals surface area contributed by atoms with Crippen LogP contribution in [0.2, 0.25) is 0 Å². The van der Waals surface area contributed by atoms with Crippen molar-refractivity contribution in [3.05, 3.63) is 54.7 Å². The van der Waals surface area contributed by atoms with Crippen molar-refractivity contribution in [2.45, 2.75) is 11.3 Å². The number of hydrogen-bond donors (Lipinski definition) is 2. The fourth-order valence-electron chi connectivity index (χ4n) is 2.17. The van der Waals surface area contributed by atoms with E-state index in [9.17, 15) is 21.6 Å². The number of nitrogens with one attached hydrogen (secondary N) is 2. The number of alkyl halides is 3. The molecule has 24 heavy (non-hydrogen) atoms. The summed E-state index contributed by atoms with van der Waals surface area (Å²) in [6.45, 7) is 0. The maximum absolute atomic E-state index is 12.3. The van der Waals surface area contributed by atoms with Gasteiger partial charge in [-0.25, -0.2) is 8.42 Å². The van der Waals surface area contributed by atoms with Gasteiger partial charge in [0, 0.05) is 28.9 Å². The van der Waals surface area contributed by atoms with Gasteiger partial charge in [0.25, 0.3) is 10.0 Å². The molecule has 1 aromatic heterocycles. The Morgan fingerprint density at radius 3 is 2.58 bits per heavy atom. The van der Waals surface area contributed by atoms with Crippen LogP contribution in [0.3, 0.4) is 0 Å². The highest BCUT2D eigenvalue weighted by molar-refractivity contribution is 7.92. The van der Waals surface area contributed by atoms with Crippen LogP contribution in [-0.4, -0.2) is 19.8 Å². The minimum atomic E-state index is -4.89. The van der Waals surface area contributed by atoms with Crippen molar-refractivity contribution in [1.29, 1.82) is 0 Å². The number of aromatic amines is 1. The number of fused-ring (bicyclic) bond motifs is 1. The van der Waals surface area contributed by atoms with Gasteiger partial charge in [-0.05, 0) is 36.4 Å². The van der Waals surface area contributed by atoms with Gasteiger partial charge in [-0.2, -0.15) is 0 Å². The number of ether oxygens (including phenoxy) is 1. The molecule has 0 unspecified atom stereocenters.